The van der Waals surface area contributed by atoms with E-state index < -0.39 is 0 Å². The van der Waals surface area contributed by atoms with Gasteiger partial charge < -0.3 is 5.73 Å². The van der Waals surface area contributed by atoms with Gasteiger partial charge in [0.1, 0.15) is 0 Å². The summed E-state index contributed by atoms with van der Waals surface area (Å²) in [5.41, 5.74) is 7.00. The van der Waals surface area contributed by atoms with Crippen LogP contribution in [0.1, 0.15) is 31.5 Å². The molecule has 1 saturated carbocycles. The third-order valence-electron chi connectivity index (χ3n) is 3.29. The number of hydrogen-bond donors (Lipinski definition) is 1. The minimum atomic E-state index is 0.284. The Morgan fingerprint density at radius 2 is 2.31 bits per heavy atom. The SMILES string of the molecule is CCN(CC1CC1)C(CN)c1ccccn1. The zero-order valence-electron chi connectivity index (χ0n) is 9.97. The Labute approximate surface area is 97.7 Å². The van der Waals surface area contributed by atoms with E-state index in [1.807, 2.05) is 18.3 Å². The first-order valence-electron chi connectivity index (χ1n) is 6.20. The van der Waals surface area contributed by atoms with Crippen molar-refractivity contribution < 1.29 is 0 Å². The Balaban J connectivity index is 2.06. The van der Waals surface area contributed by atoms with Crippen LogP contribution >= 0.6 is 0 Å². The Kier molecular flexibility index (Phi) is 3.91. The normalized spacial score (nSPS) is 17.7. The maximum Gasteiger partial charge on any atom is 0.0644 e. The minimum absolute atomic E-state index is 0.284. The van der Waals surface area contributed by atoms with Crippen molar-refractivity contribution in [2.24, 2.45) is 11.7 Å². The van der Waals surface area contributed by atoms with Gasteiger partial charge in [0.15, 0.2) is 0 Å². The number of nitrogens with zero attached hydrogens (tertiary/aromatic N) is 2. The van der Waals surface area contributed by atoms with E-state index in [0.717, 1.165) is 18.2 Å². The van der Waals surface area contributed by atoms with Crippen molar-refractivity contribution in [3.63, 3.8) is 0 Å². The van der Waals surface area contributed by atoms with E-state index in [4.69, 9.17) is 5.73 Å². The lowest BCUT2D eigenvalue weighted by Crippen LogP contribution is -2.35. The van der Waals surface area contributed by atoms with E-state index in [1.165, 1.54) is 19.4 Å². The lowest BCUT2D eigenvalue weighted by atomic mass is 10.1. The molecule has 1 aliphatic rings. The van der Waals surface area contributed by atoms with Crippen molar-refractivity contribution in [1.82, 2.24) is 9.88 Å². The van der Waals surface area contributed by atoms with Crippen LogP contribution in [-0.4, -0.2) is 29.5 Å². The molecule has 0 saturated heterocycles. The summed E-state index contributed by atoms with van der Waals surface area (Å²) in [4.78, 5) is 6.88. The van der Waals surface area contributed by atoms with Gasteiger partial charge >= 0.3 is 0 Å². The van der Waals surface area contributed by atoms with Gasteiger partial charge in [0.05, 0.1) is 11.7 Å². The van der Waals surface area contributed by atoms with E-state index in [1.54, 1.807) is 0 Å². The van der Waals surface area contributed by atoms with Crippen LogP contribution in [0.3, 0.4) is 0 Å². The highest BCUT2D eigenvalue weighted by Crippen LogP contribution is 2.32. The van der Waals surface area contributed by atoms with Gasteiger partial charge in [0, 0.05) is 19.3 Å². The van der Waals surface area contributed by atoms with Gasteiger partial charge in [-0.3, -0.25) is 9.88 Å². The molecule has 3 heteroatoms. The number of hydrogen-bond acceptors (Lipinski definition) is 3. The van der Waals surface area contributed by atoms with E-state index >= 15 is 0 Å². The van der Waals surface area contributed by atoms with Crippen LogP contribution in [0.15, 0.2) is 24.4 Å². The second-order valence-electron chi connectivity index (χ2n) is 4.54. The van der Waals surface area contributed by atoms with E-state index in [9.17, 15) is 0 Å². The summed E-state index contributed by atoms with van der Waals surface area (Å²) in [7, 11) is 0. The lowest BCUT2D eigenvalue weighted by molar-refractivity contribution is 0.200. The molecule has 0 aromatic carbocycles. The molecular weight excluding hydrogens is 198 g/mol. The first-order valence-corrected chi connectivity index (χ1v) is 6.20. The van der Waals surface area contributed by atoms with Crippen LogP contribution in [0, 0.1) is 5.92 Å². The third kappa shape index (κ3) is 2.80. The van der Waals surface area contributed by atoms with Crippen molar-refractivity contribution in [2.75, 3.05) is 19.6 Å². The van der Waals surface area contributed by atoms with Crippen LogP contribution in [0.4, 0.5) is 0 Å². The van der Waals surface area contributed by atoms with Crippen LogP contribution in [-0.2, 0) is 0 Å². The Hall–Kier alpha value is -0.930. The number of nitrogens with two attached hydrogens (primary N) is 1. The van der Waals surface area contributed by atoms with Crippen molar-refractivity contribution >= 4 is 0 Å². The summed E-state index contributed by atoms with van der Waals surface area (Å²) < 4.78 is 0. The van der Waals surface area contributed by atoms with Gasteiger partial charge in [-0.15, -0.1) is 0 Å². The van der Waals surface area contributed by atoms with E-state index in [0.29, 0.717) is 6.54 Å². The molecule has 2 rings (SSSR count). The monoisotopic (exact) mass is 219 g/mol. The quantitative estimate of drug-likeness (QED) is 0.793. The Morgan fingerprint density at radius 3 is 2.81 bits per heavy atom. The fourth-order valence-electron chi connectivity index (χ4n) is 2.14. The van der Waals surface area contributed by atoms with Crippen molar-refractivity contribution in [3.05, 3.63) is 30.1 Å². The number of rotatable bonds is 6. The summed E-state index contributed by atoms with van der Waals surface area (Å²) in [5, 5.41) is 0. The highest BCUT2D eigenvalue weighted by atomic mass is 15.2. The van der Waals surface area contributed by atoms with Gasteiger partial charge in [-0.1, -0.05) is 13.0 Å². The topological polar surface area (TPSA) is 42.1 Å². The second kappa shape index (κ2) is 5.41. The van der Waals surface area contributed by atoms with Crippen molar-refractivity contribution in [1.29, 1.82) is 0 Å². The summed E-state index contributed by atoms with van der Waals surface area (Å²) in [6.45, 7) is 5.08. The molecule has 1 unspecified atom stereocenters. The van der Waals surface area contributed by atoms with Crippen LogP contribution < -0.4 is 5.73 Å². The largest absolute Gasteiger partial charge is 0.329 e. The van der Waals surface area contributed by atoms with Crippen LogP contribution in [0.2, 0.25) is 0 Å². The summed E-state index contributed by atoms with van der Waals surface area (Å²) >= 11 is 0. The van der Waals surface area contributed by atoms with Gasteiger partial charge in [-0.2, -0.15) is 0 Å². The van der Waals surface area contributed by atoms with Gasteiger partial charge in [0.2, 0.25) is 0 Å². The summed E-state index contributed by atoms with van der Waals surface area (Å²) in [6.07, 6.45) is 4.62. The molecule has 0 radical (unpaired) electrons. The summed E-state index contributed by atoms with van der Waals surface area (Å²) in [6, 6.07) is 6.35. The molecule has 1 heterocycles. The molecule has 1 atom stereocenters. The fraction of sp³-hybridized carbons (Fsp3) is 0.615. The van der Waals surface area contributed by atoms with E-state index in [2.05, 4.69) is 22.9 Å². The Bertz CT molecular complexity index is 308. The first-order chi connectivity index (χ1) is 7.85. The minimum Gasteiger partial charge on any atom is -0.329 e. The standard InChI is InChI=1S/C13H21N3/c1-2-16(10-11-6-7-11)13(9-14)12-5-3-4-8-15-12/h3-5,8,11,13H,2,6-7,9-10,14H2,1H3. The van der Waals surface area contributed by atoms with Gasteiger partial charge in [-0.25, -0.2) is 0 Å². The molecular formula is C13H21N3. The highest BCUT2D eigenvalue weighted by molar-refractivity contribution is 5.09. The van der Waals surface area contributed by atoms with Crippen molar-refractivity contribution in [3.8, 4) is 0 Å². The third-order valence-corrected chi connectivity index (χ3v) is 3.29. The van der Waals surface area contributed by atoms with Gasteiger partial charge in [-0.05, 0) is 37.4 Å². The number of pyridine rings is 1. The van der Waals surface area contributed by atoms with E-state index in [-0.39, 0.29) is 6.04 Å². The fourth-order valence-corrected chi connectivity index (χ4v) is 2.14. The van der Waals surface area contributed by atoms with Gasteiger partial charge in [0.25, 0.3) is 0 Å². The predicted molar refractivity (Wildman–Crippen MR) is 66.0 cm³/mol. The second-order valence-corrected chi connectivity index (χ2v) is 4.54. The maximum atomic E-state index is 5.90. The van der Waals surface area contributed by atoms with Crippen molar-refractivity contribution in [2.45, 2.75) is 25.8 Å². The lowest BCUT2D eigenvalue weighted by Gasteiger charge is -2.29. The molecule has 0 bridgehead atoms. The van der Waals surface area contributed by atoms with Crippen LogP contribution in [0.25, 0.3) is 0 Å². The number of aromatic nitrogens is 1. The van der Waals surface area contributed by atoms with Crippen LogP contribution in [0.5, 0.6) is 0 Å². The summed E-state index contributed by atoms with van der Waals surface area (Å²) in [5.74, 6) is 0.901. The average molecular weight is 219 g/mol. The predicted octanol–water partition coefficient (Wildman–Crippen LogP) is 1.81. The zero-order valence-corrected chi connectivity index (χ0v) is 9.97. The maximum absolute atomic E-state index is 5.90. The molecule has 0 aliphatic heterocycles. The smallest absolute Gasteiger partial charge is 0.0644 e. The molecule has 1 aromatic heterocycles. The number of likely N-dealkylation sites (N-methyl/N-ethyl adjacent to an activating group) is 1. The average Bonchev–Trinajstić information content (AvgIpc) is 3.14. The molecule has 3 nitrogen and oxygen atoms in total. The molecule has 1 aliphatic carbocycles. The molecule has 2 N–H and O–H groups in total. The molecule has 16 heavy (non-hydrogen) atoms. The molecule has 0 amide bonds. The molecule has 0 spiro atoms. The first kappa shape index (κ1) is 11.6. The molecule has 88 valence electrons. The molecule has 1 fully saturated rings. The highest BCUT2D eigenvalue weighted by Gasteiger charge is 2.27. The Morgan fingerprint density at radius 1 is 1.50 bits per heavy atom. The zero-order chi connectivity index (χ0) is 11.4. The molecule has 1 aromatic rings.